The summed E-state index contributed by atoms with van der Waals surface area (Å²) < 4.78 is 18.5. The van der Waals surface area contributed by atoms with Crippen molar-refractivity contribution in [2.45, 2.75) is 76.9 Å². The fourth-order valence-corrected chi connectivity index (χ4v) is 5.17. The van der Waals surface area contributed by atoms with Gasteiger partial charge in [0.15, 0.2) is 19.8 Å². The summed E-state index contributed by atoms with van der Waals surface area (Å²) in [6.07, 6.45) is 0.879. The quantitative estimate of drug-likeness (QED) is 0.574. The van der Waals surface area contributed by atoms with Gasteiger partial charge in [0, 0.05) is 6.54 Å². The second kappa shape index (κ2) is 10.1. The van der Waals surface area contributed by atoms with Gasteiger partial charge in [-0.25, -0.2) is 0 Å². The number of nitrogens with one attached hydrogen (secondary N) is 1. The number of carbonyl (C=O) groups excluding carboxylic acids is 1. The van der Waals surface area contributed by atoms with Gasteiger partial charge < -0.3 is 29.2 Å². The molecule has 180 valence electrons. The van der Waals surface area contributed by atoms with E-state index >= 15 is 0 Å². The lowest BCUT2D eigenvalue weighted by Gasteiger charge is -2.42. The van der Waals surface area contributed by atoms with E-state index in [4.69, 9.17) is 13.9 Å². The van der Waals surface area contributed by atoms with Crippen LogP contribution in [0.25, 0.3) is 0 Å². The molecule has 2 N–H and O–H groups in total. The van der Waals surface area contributed by atoms with Crippen LogP contribution < -0.4 is 14.8 Å². The van der Waals surface area contributed by atoms with Gasteiger partial charge in [0.05, 0.1) is 12.1 Å². The first-order valence-electron chi connectivity index (χ1n) is 11.8. The molecule has 3 rings (SSSR count). The molecule has 2 heterocycles. The van der Waals surface area contributed by atoms with Gasteiger partial charge in [-0.2, -0.15) is 0 Å². The minimum atomic E-state index is -2.19. The van der Waals surface area contributed by atoms with Crippen LogP contribution in [0.5, 0.6) is 11.5 Å². The Labute approximate surface area is 193 Å². The number of likely N-dealkylation sites (tertiary alicyclic amines) is 1. The van der Waals surface area contributed by atoms with E-state index in [9.17, 15) is 9.90 Å². The zero-order valence-electron chi connectivity index (χ0n) is 20.4. The zero-order valence-corrected chi connectivity index (χ0v) is 21.4. The van der Waals surface area contributed by atoms with Crippen molar-refractivity contribution in [3.8, 4) is 11.5 Å². The van der Waals surface area contributed by atoms with Crippen LogP contribution in [0.15, 0.2) is 18.2 Å². The summed E-state index contributed by atoms with van der Waals surface area (Å²) in [5.74, 6) is 1.06. The number of aliphatic hydroxyl groups is 1. The largest absolute Gasteiger partial charge is 0.486 e. The Hall–Kier alpha value is -1.61. The molecule has 0 aromatic heterocycles. The minimum Gasteiger partial charge on any atom is -0.486 e. The molecule has 1 amide bonds. The van der Waals surface area contributed by atoms with Crippen LogP contribution in [0.3, 0.4) is 0 Å². The highest BCUT2D eigenvalue weighted by Crippen LogP contribution is 2.42. The maximum absolute atomic E-state index is 12.6. The number of ether oxygens (including phenoxy) is 2. The molecule has 0 radical (unpaired) electrons. The Morgan fingerprint density at radius 1 is 1.19 bits per heavy atom. The normalized spacial score (nSPS) is 20.0. The van der Waals surface area contributed by atoms with E-state index in [0.717, 1.165) is 37.2 Å². The van der Waals surface area contributed by atoms with Crippen molar-refractivity contribution in [1.82, 2.24) is 10.2 Å². The number of fused-ring (bicyclic) bond motifs is 1. The molecule has 3 atom stereocenters. The van der Waals surface area contributed by atoms with E-state index in [1.54, 1.807) is 0 Å². The molecule has 1 unspecified atom stereocenters. The fourth-order valence-electron chi connectivity index (χ4n) is 3.88. The average Bonchev–Trinajstić information content (AvgIpc) is 3.23. The summed E-state index contributed by atoms with van der Waals surface area (Å²) in [7, 11) is -2.19. The summed E-state index contributed by atoms with van der Waals surface area (Å²) in [5, 5.41) is 13.0. The molecule has 0 aliphatic carbocycles. The van der Waals surface area contributed by atoms with E-state index in [2.05, 4.69) is 44.1 Å². The monoisotopic (exact) mass is 464 g/mol. The summed E-state index contributed by atoms with van der Waals surface area (Å²) in [6, 6.07) is 5.62. The third-order valence-electron chi connectivity index (χ3n) is 6.85. The van der Waals surface area contributed by atoms with Gasteiger partial charge in [-0.1, -0.05) is 26.8 Å². The SMILES string of the molecule is CC(O)C(=O)N[C@H](CN1CCCC1)[C@H](O[Si](C)(C)C(C)(C)C)c1ccc2c(c1)OCCO2. The first kappa shape index (κ1) is 25.0. The number of hydrogen-bond acceptors (Lipinski definition) is 6. The van der Waals surface area contributed by atoms with E-state index in [1.165, 1.54) is 6.92 Å². The lowest BCUT2D eigenvalue weighted by atomic mass is 10.0. The molecule has 0 saturated carbocycles. The molecular weight excluding hydrogens is 424 g/mol. The number of carbonyl (C=O) groups is 1. The maximum Gasteiger partial charge on any atom is 0.248 e. The third kappa shape index (κ3) is 6.04. The minimum absolute atomic E-state index is 0.00550. The molecule has 32 heavy (non-hydrogen) atoms. The van der Waals surface area contributed by atoms with Crippen LogP contribution in [-0.2, 0) is 9.22 Å². The van der Waals surface area contributed by atoms with Crippen molar-refractivity contribution in [3.63, 3.8) is 0 Å². The number of nitrogens with zero attached hydrogens (tertiary/aromatic N) is 1. The van der Waals surface area contributed by atoms with Gasteiger partial charge in [0.2, 0.25) is 5.91 Å². The van der Waals surface area contributed by atoms with Crippen molar-refractivity contribution in [2.24, 2.45) is 0 Å². The van der Waals surface area contributed by atoms with Crippen LogP contribution in [0.2, 0.25) is 18.1 Å². The second-order valence-corrected chi connectivity index (χ2v) is 15.3. The van der Waals surface area contributed by atoms with E-state index in [1.807, 2.05) is 18.2 Å². The molecule has 1 saturated heterocycles. The molecule has 7 nitrogen and oxygen atoms in total. The van der Waals surface area contributed by atoms with E-state index in [0.29, 0.717) is 25.5 Å². The Bertz CT molecular complexity index is 787. The summed E-state index contributed by atoms with van der Waals surface area (Å²) in [4.78, 5) is 15.0. The molecule has 2 aliphatic rings. The standard InChI is InChI=1S/C24H40N2O5Si/c1-17(27)23(28)25-19(16-26-11-7-8-12-26)22(31-32(5,6)24(2,3)4)18-9-10-20-21(15-18)30-14-13-29-20/h9-10,15,17,19,22,27H,7-8,11-14,16H2,1-6H3,(H,25,28)/t17?,19-,22-/m1/s1. The van der Waals surface area contributed by atoms with E-state index in [-0.39, 0.29) is 23.1 Å². The summed E-state index contributed by atoms with van der Waals surface area (Å²) in [6.45, 7) is 16.3. The molecule has 2 aliphatic heterocycles. The second-order valence-electron chi connectivity index (χ2n) is 10.5. The lowest BCUT2D eigenvalue weighted by Crippen LogP contribution is -2.53. The number of amides is 1. The van der Waals surface area contributed by atoms with Crippen molar-refractivity contribution in [3.05, 3.63) is 23.8 Å². The van der Waals surface area contributed by atoms with Crippen molar-refractivity contribution in [1.29, 1.82) is 0 Å². The number of aliphatic hydroxyl groups excluding tert-OH is 1. The molecule has 1 aromatic rings. The van der Waals surface area contributed by atoms with Crippen molar-refractivity contribution in [2.75, 3.05) is 32.8 Å². The lowest BCUT2D eigenvalue weighted by molar-refractivity contribution is -0.130. The average molecular weight is 465 g/mol. The first-order chi connectivity index (χ1) is 15.0. The van der Waals surface area contributed by atoms with Gasteiger partial charge in [-0.3, -0.25) is 4.79 Å². The van der Waals surface area contributed by atoms with Gasteiger partial charge in [0.25, 0.3) is 0 Å². The predicted octanol–water partition coefficient (Wildman–Crippen LogP) is 3.48. The number of rotatable bonds is 8. The van der Waals surface area contributed by atoms with Gasteiger partial charge in [-0.15, -0.1) is 0 Å². The highest BCUT2D eigenvalue weighted by Gasteiger charge is 2.42. The highest BCUT2D eigenvalue weighted by molar-refractivity contribution is 6.74. The van der Waals surface area contributed by atoms with Crippen LogP contribution in [-0.4, -0.2) is 69.2 Å². The van der Waals surface area contributed by atoms with Crippen LogP contribution in [0.1, 0.15) is 52.2 Å². The van der Waals surface area contributed by atoms with Crippen molar-refractivity contribution >= 4 is 14.2 Å². The Balaban J connectivity index is 1.99. The van der Waals surface area contributed by atoms with Crippen molar-refractivity contribution < 1.29 is 23.8 Å². The topological polar surface area (TPSA) is 80.3 Å². The Kier molecular flexibility index (Phi) is 7.91. The fraction of sp³-hybridized carbons (Fsp3) is 0.708. The molecular formula is C24H40N2O5Si. The molecule has 0 bridgehead atoms. The summed E-state index contributed by atoms with van der Waals surface area (Å²) >= 11 is 0. The van der Waals surface area contributed by atoms with Gasteiger partial charge in [0.1, 0.15) is 19.3 Å². The van der Waals surface area contributed by atoms with Crippen LogP contribution in [0, 0.1) is 0 Å². The molecule has 1 fully saturated rings. The molecule has 8 heteroatoms. The maximum atomic E-state index is 12.6. The van der Waals surface area contributed by atoms with Crippen LogP contribution >= 0.6 is 0 Å². The Morgan fingerprint density at radius 3 is 2.41 bits per heavy atom. The smallest absolute Gasteiger partial charge is 0.248 e. The summed E-state index contributed by atoms with van der Waals surface area (Å²) in [5.41, 5.74) is 0.953. The number of benzene rings is 1. The third-order valence-corrected chi connectivity index (χ3v) is 11.3. The predicted molar refractivity (Wildman–Crippen MR) is 128 cm³/mol. The highest BCUT2D eigenvalue weighted by atomic mass is 28.4. The van der Waals surface area contributed by atoms with E-state index < -0.39 is 14.4 Å². The molecule has 0 spiro atoms. The molecule has 1 aromatic carbocycles. The Morgan fingerprint density at radius 2 is 1.81 bits per heavy atom. The first-order valence-corrected chi connectivity index (χ1v) is 14.7. The number of hydrogen-bond donors (Lipinski definition) is 2. The zero-order chi connectivity index (χ0) is 23.5. The van der Waals surface area contributed by atoms with Gasteiger partial charge in [-0.05, 0) is 68.7 Å². The van der Waals surface area contributed by atoms with Gasteiger partial charge >= 0.3 is 0 Å². The van der Waals surface area contributed by atoms with Crippen LogP contribution in [0.4, 0.5) is 0 Å².